The van der Waals surface area contributed by atoms with E-state index in [0.717, 1.165) is 17.0 Å². The minimum Gasteiger partial charge on any atom is -0.449 e. The topological polar surface area (TPSA) is 93.5 Å². The first-order chi connectivity index (χ1) is 14.0. The summed E-state index contributed by atoms with van der Waals surface area (Å²) < 4.78 is 7.07. The largest absolute Gasteiger partial charge is 0.449 e. The Labute approximate surface area is 175 Å². The fourth-order valence-corrected chi connectivity index (χ4v) is 3.47. The Hall–Kier alpha value is -3.42. The maximum Gasteiger partial charge on any atom is 0.331 e. The number of aromatic nitrogens is 2. The standard InChI is InChI=1S/C22H26N4O4/c1-13-16(14(2)25(6)24-13)11-12-19(27)30-15(3)20(28)26-18-10-8-7-9-17(18)23-21(29)22(26,4)5/h7-12,15H,1-6H3,(H,23,29)/b12-11+/t15-/m1/s1. The van der Waals surface area contributed by atoms with Gasteiger partial charge in [-0.15, -0.1) is 0 Å². The Morgan fingerprint density at radius 1 is 1.23 bits per heavy atom. The molecule has 1 aromatic carbocycles. The second-order valence-electron chi connectivity index (χ2n) is 7.82. The molecule has 0 spiro atoms. The zero-order chi connectivity index (χ0) is 22.2. The van der Waals surface area contributed by atoms with Crippen molar-refractivity contribution in [3.8, 4) is 0 Å². The third-order valence-electron chi connectivity index (χ3n) is 5.32. The van der Waals surface area contributed by atoms with E-state index in [0.29, 0.717) is 11.4 Å². The van der Waals surface area contributed by atoms with Crippen LogP contribution in [-0.4, -0.2) is 39.2 Å². The Kier molecular flexibility index (Phi) is 5.52. The quantitative estimate of drug-likeness (QED) is 0.618. The summed E-state index contributed by atoms with van der Waals surface area (Å²) in [6.45, 7) is 8.56. The van der Waals surface area contributed by atoms with E-state index in [2.05, 4.69) is 10.4 Å². The number of nitrogens with zero attached hydrogens (tertiary/aromatic N) is 3. The number of rotatable bonds is 4. The van der Waals surface area contributed by atoms with Gasteiger partial charge >= 0.3 is 5.97 Å². The molecule has 1 atom stereocenters. The third-order valence-corrected chi connectivity index (χ3v) is 5.32. The third kappa shape index (κ3) is 3.72. The molecule has 1 aromatic heterocycles. The van der Waals surface area contributed by atoms with Gasteiger partial charge < -0.3 is 10.1 Å². The highest BCUT2D eigenvalue weighted by atomic mass is 16.5. The van der Waals surface area contributed by atoms with Crippen LogP contribution in [0.15, 0.2) is 30.3 Å². The van der Waals surface area contributed by atoms with Crippen LogP contribution >= 0.6 is 0 Å². The van der Waals surface area contributed by atoms with Crippen LogP contribution in [0.3, 0.4) is 0 Å². The molecule has 0 saturated carbocycles. The number of anilines is 2. The number of benzene rings is 1. The zero-order valence-corrected chi connectivity index (χ0v) is 18.0. The van der Waals surface area contributed by atoms with Crippen molar-refractivity contribution in [2.75, 3.05) is 10.2 Å². The average Bonchev–Trinajstić information content (AvgIpc) is 2.92. The molecule has 0 bridgehead atoms. The summed E-state index contributed by atoms with van der Waals surface area (Å²) in [5, 5.41) is 7.10. The van der Waals surface area contributed by atoms with Crippen molar-refractivity contribution in [3.63, 3.8) is 0 Å². The zero-order valence-electron chi connectivity index (χ0n) is 18.0. The number of fused-ring (bicyclic) bond motifs is 1. The van der Waals surface area contributed by atoms with E-state index in [4.69, 9.17) is 4.74 Å². The molecule has 2 aromatic rings. The van der Waals surface area contributed by atoms with Crippen molar-refractivity contribution in [2.45, 2.75) is 46.3 Å². The maximum atomic E-state index is 13.2. The number of hydrogen-bond donors (Lipinski definition) is 1. The van der Waals surface area contributed by atoms with Crippen molar-refractivity contribution < 1.29 is 19.1 Å². The Morgan fingerprint density at radius 2 is 1.90 bits per heavy atom. The van der Waals surface area contributed by atoms with Gasteiger partial charge in [-0.3, -0.25) is 19.2 Å². The number of nitrogens with one attached hydrogen (secondary N) is 1. The van der Waals surface area contributed by atoms with Crippen LogP contribution < -0.4 is 10.2 Å². The molecule has 1 N–H and O–H groups in total. The first-order valence-electron chi connectivity index (χ1n) is 9.67. The molecule has 8 nitrogen and oxygen atoms in total. The Balaban J connectivity index is 1.79. The molecule has 30 heavy (non-hydrogen) atoms. The number of hydrogen-bond acceptors (Lipinski definition) is 5. The van der Waals surface area contributed by atoms with E-state index in [1.807, 2.05) is 20.9 Å². The van der Waals surface area contributed by atoms with Crippen molar-refractivity contribution in [2.24, 2.45) is 7.05 Å². The van der Waals surface area contributed by atoms with E-state index in [-0.39, 0.29) is 5.91 Å². The summed E-state index contributed by atoms with van der Waals surface area (Å²) in [6, 6.07) is 7.03. The summed E-state index contributed by atoms with van der Waals surface area (Å²) in [5.74, 6) is -1.43. The molecule has 158 valence electrons. The predicted molar refractivity (Wildman–Crippen MR) is 114 cm³/mol. The van der Waals surface area contributed by atoms with Crippen LogP contribution in [-0.2, 0) is 26.2 Å². The minimum atomic E-state index is -1.13. The highest BCUT2D eigenvalue weighted by Crippen LogP contribution is 2.37. The molecule has 8 heteroatoms. The van der Waals surface area contributed by atoms with Crippen molar-refractivity contribution in [3.05, 3.63) is 47.3 Å². The van der Waals surface area contributed by atoms with Gasteiger partial charge in [-0.2, -0.15) is 5.10 Å². The fraction of sp³-hybridized carbons (Fsp3) is 0.364. The van der Waals surface area contributed by atoms with Crippen LogP contribution in [0, 0.1) is 13.8 Å². The highest BCUT2D eigenvalue weighted by Gasteiger charge is 2.45. The van der Waals surface area contributed by atoms with Gasteiger partial charge in [-0.1, -0.05) is 12.1 Å². The van der Waals surface area contributed by atoms with E-state index in [9.17, 15) is 14.4 Å². The SMILES string of the molecule is Cc1nn(C)c(C)c1/C=C/C(=O)O[C@H](C)C(=O)N1c2ccccc2NC(=O)C1(C)C. The predicted octanol–water partition coefficient (Wildman–Crippen LogP) is 2.75. The number of amides is 2. The second-order valence-corrected chi connectivity index (χ2v) is 7.82. The number of para-hydroxylation sites is 2. The number of carbonyl (C=O) groups excluding carboxylic acids is 3. The van der Waals surface area contributed by atoms with E-state index >= 15 is 0 Å². The van der Waals surface area contributed by atoms with E-state index in [1.165, 1.54) is 17.9 Å². The first-order valence-corrected chi connectivity index (χ1v) is 9.67. The minimum absolute atomic E-state index is 0.310. The van der Waals surface area contributed by atoms with Crippen LogP contribution in [0.25, 0.3) is 6.08 Å². The molecule has 1 aliphatic rings. The molecule has 0 fully saturated rings. The number of aryl methyl sites for hydroxylation is 2. The van der Waals surface area contributed by atoms with Gasteiger partial charge in [-0.25, -0.2) is 4.79 Å². The lowest BCUT2D eigenvalue weighted by Gasteiger charge is -2.42. The fourth-order valence-electron chi connectivity index (χ4n) is 3.47. The van der Waals surface area contributed by atoms with Gasteiger partial charge in [0.05, 0.1) is 17.1 Å². The smallest absolute Gasteiger partial charge is 0.331 e. The van der Waals surface area contributed by atoms with E-state index < -0.39 is 23.5 Å². The molecule has 0 aliphatic carbocycles. The summed E-state index contributed by atoms with van der Waals surface area (Å²) in [6.07, 6.45) is 1.84. The monoisotopic (exact) mass is 410 g/mol. The van der Waals surface area contributed by atoms with Gasteiger partial charge in [0, 0.05) is 24.4 Å². The highest BCUT2D eigenvalue weighted by molar-refractivity contribution is 6.15. The van der Waals surface area contributed by atoms with Crippen molar-refractivity contribution >= 4 is 35.2 Å². The summed E-state index contributed by atoms with van der Waals surface area (Å²) in [7, 11) is 1.83. The average molecular weight is 410 g/mol. The number of carbonyl (C=O) groups is 3. The number of esters is 1. The van der Waals surface area contributed by atoms with Gasteiger partial charge in [0.2, 0.25) is 5.91 Å². The lowest BCUT2D eigenvalue weighted by Crippen LogP contribution is -2.60. The van der Waals surface area contributed by atoms with Crippen LogP contribution in [0.5, 0.6) is 0 Å². The van der Waals surface area contributed by atoms with Crippen LogP contribution in [0.1, 0.15) is 37.7 Å². The Morgan fingerprint density at radius 3 is 2.53 bits per heavy atom. The first kappa shape index (κ1) is 21.3. The van der Waals surface area contributed by atoms with Crippen LogP contribution in [0.4, 0.5) is 11.4 Å². The van der Waals surface area contributed by atoms with Gasteiger partial charge in [0.1, 0.15) is 5.54 Å². The van der Waals surface area contributed by atoms with Crippen LogP contribution in [0.2, 0.25) is 0 Å². The normalized spacial score (nSPS) is 16.2. The number of ether oxygens (including phenoxy) is 1. The second kappa shape index (κ2) is 7.78. The van der Waals surface area contributed by atoms with Gasteiger partial charge in [0.25, 0.3) is 5.91 Å². The molecular weight excluding hydrogens is 384 g/mol. The van der Waals surface area contributed by atoms with Crippen molar-refractivity contribution in [1.82, 2.24) is 9.78 Å². The maximum absolute atomic E-state index is 13.2. The summed E-state index contributed by atoms with van der Waals surface area (Å²) in [4.78, 5) is 39.4. The molecular formula is C22H26N4O4. The lowest BCUT2D eigenvalue weighted by molar-refractivity contribution is -0.149. The van der Waals surface area contributed by atoms with Crippen molar-refractivity contribution in [1.29, 1.82) is 0 Å². The lowest BCUT2D eigenvalue weighted by atomic mass is 9.95. The molecule has 1 aliphatic heterocycles. The molecule has 0 unspecified atom stereocenters. The molecule has 2 heterocycles. The van der Waals surface area contributed by atoms with Gasteiger partial charge in [0.15, 0.2) is 6.10 Å². The molecule has 2 amide bonds. The van der Waals surface area contributed by atoms with Gasteiger partial charge in [-0.05, 0) is 52.8 Å². The molecule has 0 saturated heterocycles. The Bertz CT molecular complexity index is 1050. The molecule has 3 rings (SSSR count). The molecule has 0 radical (unpaired) electrons. The summed E-state index contributed by atoms with van der Waals surface area (Å²) >= 11 is 0. The van der Waals surface area contributed by atoms with E-state index in [1.54, 1.807) is 48.9 Å². The summed E-state index contributed by atoms with van der Waals surface area (Å²) in [5.41, 5.74) is 2.50.